The van der Waals surface area contributed by atoms with E-state index >= 15 is 0 Å². The second-order valence-corrected chi connectivity index (χ2v) is 6.30. The summed E-state index contributed by atoms with van der Waals surface area (Å²) in [6, 6.07) is 5.65. The first-order valence-corrected chi connectivity index (χ1v) is 7.58. The van der Waals surface area contributed by atoms with Gasteiger partial charge in [0.25, 0.3) is 0 Å². The van der Waals surface area contributed by atoms with E-state index in [4.69, 9.17) is 0 Å². The molecule has 1 aliphatic rings. The highest BCUT2D eigenvalue weighted by atomic mass is 79.9. The van der Waals surface area contributed by atoms with Crippen molar-refractivity contribution in [3.8, 4) is 0 Å². The van der Waals surface area contributed by atoms with Crippen molar-refractivity contribution in [3.05, 3.63) is 34.1 Å². The minimum absolute atomic E-state index is 0.0538. The van der Waals surface area contributed by atoms with Crippen LogP contribution in [0, 0.1) is 11.7 Å². The second kappa shape index (κ2) is 6.16. The highest BCUT2D eigenvalue weighted by Gasteiger charge is 2.23. The summed E-state index contributed by atoms with van der Waals surface area (Å²) in [6.45, 7) is 4.26. The molecule has 1 aromatic rings. The van der Waals surface area contributed by atoms with Crippen LogP contribution >= 0.6 is 15.9 Å². The van der Waals surface area contributed by atoms with Gasteiger partial charge in [0.2, 0.25) is 0 Å². The fourth-order valence-electron chi connectivity index (χ4n) is 2.92. The number of halogens is 2. The molecule has 1 N–H and O–H groups in total. The minimum atomic E-state index is -0.128. The molecular weight excluding hydrogens is 293 g/mol. The summed E-state index contributed by atoms with van der Waals surface area (Å²) in [5, 5.41) is 3.55. The molecule has 100 valence electrons. The van der Waals surface area contributed by atoms with Crippen molar-refractivity contribution in [2.24, 2.45) is 5.92 Å². The standard InChI is InChI=1S/C15H21BrFN/c1-10(12-5-3-4-6-12)18-11(2)14-9-13(16)7-8-15(14)17/h7-12,18H,3-6H2,1-2H3/t10-,11?/m0/s1. The normalized spacial score (nSPS) is 20.0. The molecule has 0 amide bonds. The number of benzene rings is 1. The van der Waals surface area contributed by atoms with Gasteiger partial charge in [0.15, 0.2) is 0 Å². The lowest BCUT2D eigenvalue weighted by molar-refractivity contribution is 0.348. The lowest BCUT2D eigenvalue weighted by Crippen LogP contribution is -2.34. The van der Waals surface area contributed by atoms with Crippen LogP contribution in [0.1, 0.15) is 51.1 Å². The van der Waals surface area contributed by atoms with Crippen molar-refractivity contribution in [1.29, 1.82) is 0 Å². The molecule has 0 saturated heterocycles. The molecule has 0 radical (unpaired) electrons. The molecule has 0 spiro atoms. The predicted molar refractivity (Wildman–Crippen MR) is 77.1 cm³/mol. The number of nitrogens with one attached hydrogen (secondary N) is 1. The van der Waals surface area contributed by atoms with Crippen molar-refractivity contribution < 1.29 is 4.39 Å². The van der Waals surface area contributed by atoms with Crippen molar-refractivity contribution in [3.63, 3.8) is 0 Å². The fraction of sp³-hybridized carbons (Fsp3) is 0.600. The van der Waals surface area contributed by atoms with Gasteiger partial charge in [-0.25, -0.2) is 4.39 Å². The van der Waals surface area contributed by atoms with Gasteiger partial charge in [-0.1, -0.05) is 28.8 Å². The molecule has 1 nitrogen and oxygen atoms in total. The Balaban J connectivity index is 2.02. The molecule has 1 aliphatic carbocycles. The molecule has 3 heteroatoms. The molecule has 0 heterocycles. The smallest absolute Gasteiger partial charge is 0.128 e. The topological polar surface area (TPSA) is 12.0 Å². The zero-order chi connectivity index (χ0) is 13.1. The Morgan fingerprint density at radius 3 is 2.61 bits per heavy atom. The average Bonchev–Trinajstić information content (AvgIpc) is 2.85. The van der Waals surface area contributed by atoms with Gasteiger partial charge in [-0.05, 0) is 50.8 Å². The van der Waals surface area contributed by atoms with Crippen LogP contribution in [0.3, 0.4) is 0 Å². The monoisotopic (exact) mass is 313 g/mol. The molecule has 0 aromatic heterocycles. The molecule has 18 heavy (non-hydrogen) atoms. The number of rotatable bonds is 4. The summed E-state index contributed by atoms with van der Waals surface area (Å²) < 4.78 is 14.7. The van der Waals surface area contributed by atoms with Crippen LogP contribution in [0.5, 0.6) is 0 Å². The maximum Gasteiger partial charge on any atom is 0.128 e. The first kappa shape index (κ1) is 14.0. The average molecular weight is 314 g/mol. The van der Waals surface area contributed by atoms with Gasteiger partial charge in [0.1, 0.15) is 5.82 Å². The molecule has 0 bridgehead atoms. The van der Waals surface area contributed by atoms with Crippen molar-refractivity contribution in [2.45, 2.75) is 51.6 Å². The van der Waals surface area contributed by atoms with Crippen LogP contribution < -0.4 is 5.32 Å². The molecule has 2 atom stereocenters. The van der Waals surface area contributed by atoms with Crippen LogP contribution in [0.15, 0.2) is 22.7 Å². The third-order valence-corrected chi connectivity index (χ3v) is 4.54. The van der Waals surface area contributed by atoms with E-state index in [9.17, 15) is 4.39 Å². The Bertz CT molecular complexity index is 401. The van der Waals surface area contributed by atoms with Gasteiger partial charge in [-0.3, -0.25) is 0 Å². The van der Waals surface area contributed by atoms with E-state index in [0.717, 1.165) is 16.0 Å². The van der Waals surface area contributed by atoms with Crippen molar-refractivity contribution in [1.82, 2.24) is 5.32 Å². The van der Waals surface area contributed by atoms with Crippen LogP contribution in [0.4, 0.5) is 4.39 Å². The zero-order valence-corrected chi connectivity index (χ0v) is 12.6. The van der Waals surface area contributed by atoms with Gasteiger partial charge < -0.3 is 5.32 Å². The van der Waals surface area contributed by atoms with E-state index in [1.54, 1.807) is 6.07 Å². The van der Waals surface area contributed by atoms with Gasteiger partial charge in [0, 0.05) is 22.1 Å². The van der Waals surface area contributed by atoms with Crippen LogP contribution in [0.2, 0.25) is 0 Å². The quantitative estimate of drug-likeness (QED) is 0.840. The summed E-state index contributed by atoms with van der Waals surface area (Å²) in [5.74, 6) is 0.625. The highest BCUT2D eigenvalue weighted by molar-refractivity contribution is 9.10. The second-order valence-electron chi connectivity index (χ2n) is 5.39. The van der Waals surface area contributed by atoms with Gasteiger partial charge in [-0.15, -0.1) is 0 Å². The maximum absolute atomic E-state index is 13.8. The molecule has 1 fully saturated rings. The first-order valence-electron chi connectivity index (χ1n) is 6.79. The Kier molecular flexibility index (Phi) is 4.79. The summed E-state index contributed by atoms with van der Waals surface area (Å²) >= 11 is 3.40. The van der Waals surface area contributed by atoms with E-state index < -0.39 is 0 Å². The minimum Gasteiger partial charge on any atom is -0.307 e. The summed E-state index contributed by atoms with van der Waals surface area (Å²) in [5.41, 5.74) is 0.745. The summed E-state index contributed by atoms with van der Waals surface area (Å²) in [4.78, 5) is 0. The molecule has 1 saturated carbocycles. The van der Waals surface area contributed by atoms with Crippen LogP contribution in [0.25, 0.3) is 0 Å². The summed E-state index contributed by atoms with van der Waals surface area (Å²) in [6.07, 6.45) is 5.30. The van der Waals surface area contributed by atoms with Crippen molar-refractivity contribution in [2.75, 3.05) is 0 Å². The van der Waals surface area contributed by atoms with E-state index in [1.807, 2.05) is 13.0 Å². The van der Waals surface area contributed by atoms with Gasteiger partial charge >= 0.3 is 0 Å². The molecular formula is C15H21BrFN. The lowest BCUT2D eigenvalue weighted by Gasteiger charge is -2.25. The van der Waals surface area contributed by atoms with E-state index in [1.165, 1.54) is 31.7 Å². The van der Waals surface area contributed by atoms with E-state index in [-0.39, 0.29) is 11.9 Å². The van der Waals surface area contributed by atoms with Gasteiger partial charge in [0.05, 0.1) is 0 Å². The van der Waals surface area contributed by atoms with Gasteiger partial charge in [-0.2, -0.15) is 0 Å². The van der Waals surface area contributed by atoms with Crippen molar-refractivity contribution >= 4 is 15.9 Å². The Morgan fingerprint density at radius 1 is 1.28 bits per heavy atom. The van der Waals surface area contributed by atoms with Crippen LogP contribution in [-0.4, -0.2) is 6.04 Å². The lowest BCUT2D eigenvalue weighted by atomic mass is 9.97. The van der Waals surface area contributed by atoms with Crippen LogP contribution in [-0.2, 0) is 0 Å². The third-order valence-electron chi connectivity index (χ3n) is 4.04. The van der Waals surface area contributed by atoms with E-state index in [0.29, 0.717) is 6.04 Å². The zero-order valence-electron chi connectivity index (χ0n) is 11.0. The number of hydrogen-bond acceptors (Lipinski definition) is 1. The molecule has 1 aromatic carbocycles. The Morgan fingerprint density at radius 2 is 1.94 bits per heavy atom. The SMILES string of the molecule is CC(N[C@@H](C)C1CCCC1)c1cc(Br)ccc1F. The maximum atomic E-state index is 13.8. The third kappa shape index (κ3) is 3.33. The first-order chi connectivity index (χ1) is 8.58. The fourth-order valence-corrected chi connectivity index (χ4v) is 3.30. The Hall–Kier alpha value is -0.410. The molecule has 0 aliphatic heterocycles. The molecule has 1 unspecified atom stereocenters. The van der Waals surface area contributed by atoms with E-state index in [2.05, 4.69) is 28.2 Å². The highest BCUT2D eigenvalue weighted by Crippen LogP contribution is 2.29. The predicted octanol–water partition coefficient (Wildman–Crippen LogP) is 4.82. The summed E-state index contributed by atoms with van der Waals surface area (Å²) in [7, 11) is 0. The molecule has 2 rings (SSSR count). The Labute approximate surface area is 117 Å². The largest absolute Gasteiger partial charge is 0.307 e. The number of hydrogen-bond donors (Lipinski definition) is 1.